The number of H-pyrrole nitrogens is 1. The van der Waals surface area contributed by atoms with Gasteiger partial charge in [0.25, 0.3) is 5.91 Å². The topological polar surface area (TPSA) is 66.1 Å². The minimum absolute atomic E-state index is 0.0812. The van der Waals surface area contributed by atoms with E-state index < -0.39 is 0 Å². The maximum atomic E-state index is 12.3. The Kier molecular flexibility index (Phi) is 3.41. The van der Waals surface area contributed by atoms with Gasteiger partial charge in [0.05, 0.1) is 5.56 Å². The number of pyridine rings is 1. The third-order valence-corrected chi connectivity index (χ3v) is 3.01. The highest BCUT2D eigenvalue weighted by molar-refractivity contribution is 6.10. The quantitative estimate of drug-likeness (QED) is 0.836. The largest absolute Gasteiger partial charge is 0.345 e. The molecule has 0 aromatic carbocycles. The molecule has 1 N–H and O–H groups in total. The Balaban J connectivity index is 2.58. The van der Waals surface area contributed by atoms with Gasteiger partial charge in [0.15, 0.2) is 6.29 Å². The Morgan fingerprint density at radius 3 is 2.78 bits per heavy atom. The average molecular weight is 245 g/mol. The van der Waals surface area contributed by atoms with E-state index in [1.165, 1.54) is 0 Å². The number of hydrogen-bond donors (Lipinski definition) is 1. The maximum Gasteiger partial charge on any atom is 0.256 e. The van der Waals surface area contributed by atoms with Crippen molar-refractivity contribution in [2.24, 2.45) is 0 Å². The van der Waals surface area contributed by atoms with Crippen molar-refractivity contribution in [2.75, 3.05) is 13.1 Å². The molecule has 0 bridgehead atoms. The molecule has 0 spiro atoms. The lowest BCUT2D eigenvalue weighted by atomic mass is 10.1. The molecule has 0 unspecified atom stereocenters. The van der Waals surface area contributed by atoms with Crippen LogP contribution in [0.2, 0.25) is 0 Å². The van der Waals surface area contributed by atoms with Crippen molar-refractivity contribution in [3.8, 4) is 0 Å². The van der Waals surface area contributed by atoms with E-state index in [-0.39, 0.29) is 5.91 Å². The standard InChI is InChI=1S/C13H15N3O2/c1-3-16(4-2)13(18)10-7-15-12-11(10)9(8-17)5-6-14-12/h5-8H,3-4H2,1-2H3,(H,14,15). The van der Waals surface area contributed by atoms with Crippen LogP contribution in [0.3, 0.4) is 0 Å². The summed E-state index contributed by atoms with van der Waals surface area (Å²) in [5.41, 5.74) is 1.55. The van der Waals surface area contributed by atoms with Crippen LogP contribution in [0.1, 0.15) is 34.6 Å². The van der Waals surface area contributed by atoms with Gasteiger partial charge in [-0.25, -0.2) is 4.98 Å². The molecule has 2 aromatic heterocycles. The van der Waals surface area contributed by atoms with Crippen LogP contribution in [0.4, 0.5) is 0 Å². The summed E-state index contributed by atoms with van der Waals surface area (Å²) in [7, 11) is 0. The number of carbonyl (C=O) groups is 2. The number of aldehydes is 1. The van der Waals surface area contributed by atoms with Crippen molar-refractivity contribution < 1.29 is 9.59 Å². The summed E-state index contributed by atoms with van der Waals surface area (Å²) in [5, 5.41) is 0.601. The van der Waals surface area contributed by atoms with E-state index in [1.807, 2.05) is 13.8 Å². The van der Waals surface area contributed by atoms with E-state index in [0.29, 0.717) is 35.2 Å². The zero-order chi connectivity index (χ0) is 13.1. The smallest absolute Gasteiger partial charge is 0.256 e. The summed E-state index contributed by atoms with van der Waals surface area (Å²) in [5.74, 6) is -0.0812. The highest BCUT2D eigenvalue weighted by atomic mass is 16.2. The van der Waals surface area contributed by atoms with Crippen LogP contribution in [-0.4, -0.2) is 40.2 Å². The second kappa shape index (κ2) is 5.00. The molecule has 0 aliphatic rings. The Morgan fingerprint density at radius 2 is 2.17 bits per heavy atom. The molecular weight excluding hydrogens is 230 g/mol. The SMILES string of the molecule is CCN(CC)C(=O)c1c[nH]c2nccc(C=O)c12. The van der Waals surface area contributed by atoms with Crippen molar-refractivity contribution in [3.63, 3.8) is 0 Å². The van der Waals surface area contributed by atoms with E-state index in [1.54, 1.807) is 23.4 Å². The number of nitrogens with one attached hydrogen (secondary N) is 1. The molecule has 0 saturated heterocycles. The predicted molar refractivity (Wildman–Crippen MR) is 68.7 cm³/mol. The Bertz CT molecular complexity index is 585. The number of amides is 1. The fourth-order valence-electron chi connectivity index (χ4n) is 2.03. The number of carbonyl (C=O) groups excluding carboxylic acids is 2. The lowest BCUT2D eigenvalue weighted by molar-refractivity contribution is 0.0775. The Labute approximate surface area is 105 Å². The molecule has 0 aliphatic heterocycles. The van der Waals surface area contributed by atoms with Gasteiger partial charge in [0.2, 0.25) is 0 Å². The average Bonchev–Trinajstić information content (AvgIpc) is 2.83. The van der Waals surface area contributed by atoms with Crippen LogP contribution in [-0.2, 0) is 0 Å². The summed E-state index contributed by atoms with van der Waals surface area (Å²) < 4.78 is 0. The van der Waals surface area contributed by atoms with Crippen molar-refractivity contribution in [1.82, 2.24) is 14.9 Å². The summed E-state index contributed by atoms with van der Waals surface area (Å²) >= 11 is 0. The fourth-order valence-corrected chi connectivity index (χ4v) is 2.03. The summed E-state index contributed by atoms with van der Waals surface area (Å²) in [4.78, 5) is 32.1. The molecule has 2 aromatic rings. The number of hydrogen-bond acceptors (Lipinski definition) is 3. The highest BCUT2D eigenvalue weighted by Gasteiger charge is 2.19. The zero-order valence-electron chi connectivity index (χ0n) is 10.4. The first-order valence-electron chi connectivity index (χ1n) is 5.93. The molecule has 18 heavy (non-hydrogen) atoms. The number of fused-ring (bicyclic) bond motifs is 1. The highest BCUT2D eigenvalue weighted by Crippen LogP contribution is 2.21. The van der Waals surface area contributed by atoms with Gasteiger partial charge < -0.3 is 9.88 Å². The van der Waals surface area contributed by atoms with Crippen LogP contribution < -0.4 is 0 Å². The summed E-state index contributed by atoms with van der Waals surface area (Å²) in [6, 6.07) is 1.61. The van der Waals surface area contributed by atoms with Gasteiger partial charge in [-0.1, -0.05) is 0 Å². The van der Waals surface area contributed by atoms with Crippen LogP contribution in [0.5, 0.6) is 0 Å². The van der Waals surface area contributed by atoms with E-state index in [0.717, 1.165) is 6.29 Å². The first kappa shape index (κ1) is 12.3. The monoisotopic (exact) mass is 245 g/mol. The van der Waals surface area contributed by atoms with Crippen LogP contribution in [0.25, 0.3) is 11.0 Å². The lowest BCUT2D eigenvalue weighted by Gasteiger charge is -2.18. The van der Waals surface area contributed by atoms with Gasteiger partial charge in [-0.2, -0.15) is 0 Å². The third kappa shape index (κ3) is 1.88. The van der Waals surface area contributed by atoms with Gasteiger partial charge in [-0.3, -0.25) is 9.59 Å². The minimum Gasteiger partial charge on any atom is -0.345 e. The lowest BCUT2D eigenvalue weighted by Crippen LogP contribution is -2.30. The van der Waals surface area contributed by atoms with Gasteiger partial charge >= 0.3 is 0 Å². The minimum atomic E-state index is -0.0812. The zero-order valence-corrected chi connectivity index (χ0v) is 10.4. The van der Waals surface area contributed by atoms with E-state index in [9.17, 15) is 9.59 Å². The fraction of sp³-hybridized carbons (Fsp3) is 0.308. The number of rotatable bonds is 4. The number of nitrogens with zero attached hydrogens (tertiary/aromatic N) is 2. The molecule has 2 heterocycles. The van der Waals surface area contributed by atoms with E-state index in [2.05, 4.69) is 9.97 Å². The van der Waals surface area contributed by atoms with E-state index in [4.69, 9.17) is 0 Å². The molecule has 0 atom stereocenters. The first-order chi connectivity index (χ1) is 8.72. The summed E-state index contributed by atoms with van der Waals surface area (Å²) in [6.07, 6.45) is 3.91. The first-order valence-corrected chi connectivity index (χ1v) is 5.93. The van der Waals surface area contributed by atoms with Crippen molar-refractivity contribution in [2.45, 2.75) is 13.8 Å². The number of aromatic nitrogens is 2. The second-order valence-electron chi connectivity index (χ2n) is 3.92. The summed E-state index contributed by atoms with van der Waals surface area (Å²) in [6.45, 7) is 5.13. The molecule has 2 rings (SSSR count). The molecule has 0 aliphatic carbocycles. The van der Waals surface area contributed by atoms with Crippen molar-refractivity contribution in [3.05, 3.63) is 29.6 Å². The molecule has 0 saturated carbocycles. The van der Waals surface area contributed by atoms with Crippen LogP contribution in [0, 0.1) is 0 Å². The van der Waals surface area contributed by atoms with Gasteiger partial charge in [-0.15, -0.1) is 0 Å². The van der Waals surface area contributed by atoms with Crippen molar-refractivity contribution in [1.29, 1.82) is 0 Å². The van der Waals surface area contributed by atoms with Crippen LogP contribution in [0.15, 0.2) is 18.5 Å². The molecule has 0 radical (unpaired) electrons. The third-order valence-electron chi connectivity index (χ3n) is 3.01. The second-order valence-corrected chi connectivity index (χ2v) is 3.92. The van der Waals surface area contributed by atoms with Gasteiger partial charge in [-0.05, 0) is 19.9 Å². The molecule has 5 heteroatoms. The van der Waals surface area contributed by atoms with Crippen LogP contribution >= 0.6 is 0 Å². The molecular formula is C13H15N3O2. The molecule has 5 nitrogen and oxygen atoms in total. The molecule has 0 fully saturated rings. The van der Waals surface area contributed by atoms with Gasteiger partial charge in [0.1, 0.15) is 5.65 Å². The van der Waals surface area contributed by atoms with E-state index >= 15 is 0 Å². The Hall–Kier alpha value is -2.17. The number of aromatic amines is 1. The predicted octanol–water partition coefficient (Wildman–Crippen LogP) is 1.86. The molecule has 94 valence electrons. The molecule has 1 amide bonds. The normalized spacial score (nSPS) is 10.6. The maximum absolute atomic E-state index is 12.3. The van der Waals surface area contributed by atoms with Crippen molar-refractivity contribution >= 4 is 23.2 Å². The Morgan fingerprint density at radius 1 is 1.44 bits per heavy atom. The van der Waals surface area contributed by atoms with Gasteiger partial charge in [0, 0.05) is 36.4 Å².